The van der Waals surface area contributed by atoms with E-state index in [-0.39, 0.29) is 13.2 Å². The number of ether oxygens (including phenoxy) is 2. The number of nitrogens with one attached hydrogen (secondary N) is 1. The maximum atomic E-state index is 13.6. The maximum Gasteiger partial charge on any atom is 0.387 e. The van der Waals surface area contributed by atoms with Crippen LogP contribution < -0.4 is 14.8 Å². The molecule has 0 aromatic heterocycles. The molecule has 4 nitrogen and oxygen atoms in total. The Balaban J connectivity index is 1.91. The van der Waals surface area contributed by atoms with Crippen molar-refractivity contribution in [1.29, 1.82) is 0 Å². The van der Waals surface area contributed by atoms with Crippen molar-refractivity contribution in [1.82, 2.24) is 0 Å². The van der Waals surface area contributed by atoms with Crippen LogP contribution in [0, 0.1) is 5.82 Å². The molecule has 124 valence electrons. The second-order valence-electron chi connectivity index (χ2n) is 4.59. The Morgan fingerprint density at radius 3 is 2.43 bits per heavy atom. The molecule has 0 aliphatic rings. The van der Waals surface area contributed by atoms with E-state index in [1.165, 1.54) is 12.1 Å². The van der Waals surface area contributed by atoms with Gasteiger partial charge in [-0.1, -0.05) is 6.07 Å². The number of benzene rings is 2. The highest BCUT2D eigenvalue weighted by Crippen LogP contribution is 2.21. The molecule has 0 spiro atoms. The van der Waals surface area contributed by atoms with E-state index < -0.39 is 18.2 Å². The minimum Gasteiger partial charge on any atom is -0.491 e. The Morgan fingerprint density at radius 2 is 1.83 bits per heavy atom. The molecular weight excluding hydrogens is 311 g/mol. The molecule has 23 heavy (non-hydrogen) atoms. The van der Waals surface area contributed by atoms with Crippen LogP contribution in [0.4, 0.5) is 18.9 Å². The van der Waals surface area contributed by atoms with Crippen LogP contribution in [0.15, 0.2) is 42.5 Å². The SMILES string of the molecule is OCCOc1ccc(NCc2ccc(OC(F)F)c(F)c2)cc1. The van der Waals surface area contributed by atoms with Crippen molar-refractivity contribution in [3.63, 3.8) is 0 Å². The van der Waals surface area contributed by atoms with Crippen molar-refractivity contribution < 1.29 is 27.8 Å². The van der Waals surface area contributed by atoms with Gasteiger partial charge in [0.2, 0.25) is 0 Å². The highest BCUT2D eigenvalue weighted by molar-refractivity contribution is 5.47. The second kappa shape index (κ2) is 8.28. The molecule has 2 aromatic rings. The molecule has 0 saturated heterocycles. The largest absolute Gasteiger partial charge is 0.491 e. The van der Waals surface area contributed by atoms with Crippen LogP contribution >= 0.6 is 0 Å². The highest BCUT2D eigenvalue weighted by Gasteiger charge is 2.10. The van der Waals surface area contributed by atoms with Crippen LogP contribution in [-0.4, -0.2) is 24.9 Å². The Hall–Kier alpha value is -2.41. The normalized spacial score (nSPS) is 10.7. The van der Waals surface area contributed by atoms with Crippen molar-refractivity contribution in [3.05, 3.63) is 53.8 Å². The predicted octanol–water partition coefficient (Wildman–Crippen LogP) is 3.41. The lowest BCUT2D eigenvalue weighted by molar-refractivity contribution is -0.0522. The molecule has 2 aromatic carbocycles. The third-order valence-corrected chi connectivity index (χ3v) is 2.92. The summed E-state index contributed by atoms with van der Waals surface area (Å²) in [5.74, 6) is -0.685. The van der Waals surface area contributed by atoms with Crippen molar-refractivity contribution in [2.24, 2.45) is 0 Å². The number of anilines is 1. The van der Waals surface area contributed by atoms with E-state index in [4.69, 9.17) is 9.84 Å². The fourth-order valence-electron chi connectivity index (χ4n) is 1.88. The maximum absolute atomic E-state index is 13.6. The number of alkyl halides is 2. The van der Waals surface area contributed by atoms with Crippen molar-refractivity contribution in [3.8, 4) is 11.5 Å². The van der Waals surface area contributed by atoms with Gasteiger partial charge in [-0.15, -0.1) is 0 Å². The van der Waals surface area contributed by atoms with Gasteiger partial charge in [0.15, 0.2) is 11.6 Å². The summed E-state index contributed by atoms with van der Waals surface area (Å²) in [6.45, 7) is -2.57. The average molecular weight is 327 g/mol. The molecule has 0 aliphatic carbocycles. The zero-order valence-electron chi connectivity index (χ0n) is 12.1. The summed E-state index contributed by atoms with van der Waals surface area (Å²) in [7, 11) is 0. The van der Waals surface area contributed by atoms with Gasteiger partial charge in [0.05, 0.1) is 6.61 Å². The van der Waals surface area contributed by atoms with Crippen LogP contribution in [0.5, 0.6) is 11.5 Å². The van der Waals surface area contributed by atoms with Crippen molar-refractivity contribution in [2.45, 2.75) is 13.2 Å². The molecule has 0 fully saturated rings. The predicted molar refractivity (Wildman–Crippen MR) is 79.4 cm³/mol. The summed E-state index contributed by atoms with van der Waals surface area (Å²) < 4.78 is 47.0. The first-order valence-corrected chi connectivity index (χ1v) is 6.89. The Morgan fingerprint density at radius 1 is 1.09 bits per heavy atom. The van der Waals surface area contributed by atoms with Crippen LogP contribution in [0.2, 0.25) is 0 Å². The molecule has 2 N–H and O–H groups in total. The lowest BCUT2D eigenvalue weighted by Crippen LogP contribution is -2.05. The quantitative estimate of drug-likeness (QED) is 0.780. The van der Waals surface area contributed by atoms with E-state index >= 15 is 0 Å². The minimum absolute atomic E-state index is 0.0587. The van der Waals surface area contributed by atoms with Gasteiger partial charge in [0.25, 0.3) is 0 Å². The second-order valence-corrected chi connectivity index (χ2v) is 4.59. The van der Waals surface area contributed by atoms with Crippen molar-refractivity contribution in [2.75, 3.05) is 18.5 Å². The summed E-state index contributed by atoms with van der Waals surface area (Å²) in [4.78, 5) is 0. The average Bonchev–Trinajstić information content (AvgIpc) is 2.54. The summed E-state index contributed by atoms with van der Waals surface area (Å²) in [5.41, 5.74) is 1.37. The van der Waals surface area contributed by atoms with E-state index in [2.05, 4.69) is 10.1 Å². The van der Waals surface area contributed by atoms with Crippen LogP contribution in [-0.2, 0) is 6.54 Å². The molecule has 0 amide bonds. The van der Waals surface area contributed by atoms with Gasteiger partial charge < -0.3 is 19.9 Å². The Kier molecular flexibility index (Phi) is 6.10. The fraction of sp³-hybridized carbons (Fsp3) is 0.250. The molecule has 0 aliphatic heterocycles. The van der Waals surface area contributed by atoms with E-state index in [1.807, 2.05) is 0 Å². The Labute approximate surface area is 131 Å². The minimum atomic E-state index is -3.06. The third-order valence-electron chi connectivity index (χ3n) is 2.92. The van der Waals surface area contributed by atoms with Gasteiger partial charge >= 0.3 is 6.61 Å². The molecule has 0 unspecified atom stereocenters. The monoisotopic (exact) mass is 327 g/mol. The number of halogens is 3. The van der Waals surface area contributed by atoms with Crippen LogP contribution in [0.25, 0.3) is 0 Å². The topological polar surface area (TPSA) is 50.7 Å². The number of aliphatic hydroxyl groups is 1. The fourth-order valence-corrected chi connectivity index (χ4v) is 1.88. The van der Waals surface area contributed by atoms with Gasteiger partial charge in [0.1, 0.15) is 12.4 Å². The molecule has 0 bridgehead atoms. The summed E-state index contributed by atoms with van der Waals surface area (Å²) in [6, 6.07) is 10.8. The van der Waals surface area contributed by atoms with Gasteiger partial charge in [-0.3, -0.25) is 0 Å². The van der Waals surface area contributed by atoms with E-state index in [0.717, 1.165) is 11.8 Å². The standard InChI is InChI=1S/C16H16F3NO3/c17-14-9-11(1-6-15(14)23-16(18)19)10-20-12-2-4-13(5-3-12)22-8-7-21/h1-6,9,16,20-21H,7-8,10H2. The third kappa shape index (κ3) is 5.37. The Bertz CT molecular complexity index is 620. The van der Waals surface area contributed by atoms with E-state index in [1.54, 1.807) is 24.3 Å². The zero-order chi connectivity index (χ0) is 16.7. The zero-order valence-corrected chi connectivity index (χ0v) is 12.1. The summed E-state index contributed by atoms with van der Waals surface area (Å²) in [6.07, 6.45) is 0. The molecule has 0 heterocycles. The van der Waals surface area contributed by atoms with Crippen LogP contribution in [0.3, 0.4) is 0 Å². The summed E-state index contributed by atoms with van der Waals surface area (Å²) in [5, 5.41) is 11.7. The van der Waals surface area contributed by atoms with Gasteiger partial charge in [-0.2, -0.15) is 8.78 Å². The molecule has 0 saturated carbocycles. The molecule has 2 rings (SSSR count). The number of aliphatic hydroxyl groups excluding tert-OH is 1. The molecular formula is C16H16F3NO3. The number of hydrogen-bond donors (Lipinski definition) is 2. The van der Waals surface area contributed by atoms with E-state index in [0.29, 0.717) is 17.9 Å². The van der Waals surface area contributed by atoms with Gasteiger partial charge in [0, 0.05) is 12.2 Å². The smallest absolute Gasteiger partial charge is 0.387 e. The first-order chi connectivity index (χ1) is 11.1. The molecule has 0 atom stereocenters. The lowest BCUT2D eigenvalue weighted by Gasteiger charge is -2.10. The van der Waals surface area contributed by atoms with Crippen LogP contribution in [0.1, 0.15) is 5.56 Å². The first-order valence-electron chi connectivity index (χ1n) is 6.89. The highest BCUT2D eigenvalue weighted by atomic mass is 19.3. The first kappa shape index (κ1) is 17.0. The van der Waals surface area contributed by atoms with Gasteiger partial charge in [-0.05, 0) is 42.0 Å². The van der Waals surface area contributed by atoms with Crippen molar-refractivity contribution >= 4 is 5.69 Å². The number of rotatable bonds is 8. The lowest BCUT2D eigenvalue weighted by atomic mass is 10.2. The summed E-state index contributed by atoms with van der Waals surface area (Å²) >= 11 is 0. The molecule has 7 heteroatoms. The van der Waals surface area contributed by atoms with E-state index in [9.17, 15) is 13.2 Å². The van der Waals surface area contributed by atoms with Gasteiger partial charge in [-0.25, -0.2) is 4.39 Å². The molecule has 0 radical (unpaired) electrons. The number of hydrogen-bond acceptors (Lipinski definition) is 4.